The lowest BCUT2D eigenvalue weighted by atomic mass is 10.1. The minimum atomic E-state index is -4.20. The van der Waals surface area contributed by atoms with Crippen LogP contribution in [0.3, 0.4) is 0 Å². The van der Waals surface area contributed by atoms with Crippen LogP contribution in [0.1, 0.15) is 11.1 Å². The lowest BCUT2D eigenvalue weighted by molar-refractivity contribution is -0.146. The number of hydrogen-bond donors (Lipinski definition) is 0. The Balaban J connectivity index is 2.76. The van der Waals surface area contributed by atoms with Gasteiger partial charge in [-0.25, -0.2) is 0 Å². The molecular formula is C12H14BrClF3N. The molecule has 0 fully saturated rings. The van der Waals surface area contributed by atoms with Crippen LogP contribution in [0.25, 0.3) is 0 Å². The lowest BCUT2D eigenvalue weighted by Crippen LogP contribution is -2.35. The van der Waals surface area contributed by atoms with Gasteiger partial charge in [-0.05, 0) is 24.1 Å². The van der Waals surface area contributed by atoms with Crippen LogP contribution in [0.2, 0.25) is 5.02 Å². The number of halogens is 5. The van der Waals surface area contributed by atoms with Gasteiger partial charge in [-0.3, -0.25) is 4.90 Å². The normalized spacial score (nSPS) is 12.2. The molecule has 18 heavy (non-hydrogen) atoms. The minimum Gasteiger partial charge on any atom is -0.290 e. The zero-order chi connectivity index (χ0) is 13.8. The quantitative estimate of drug-likeness (QED) is 0.715. The molecule has 0 heterocycles. The highest BCUT2D eigenvalue weighted by Crippen LogP contribution is 2.22. The summed E-state index contributed by atoms with van der Waals surface area (Å²) in [6, 6.07) is 5.38. The van der Waals surface area contributed by atoms with Crippen LogP contribution >= 0.6 is 27.5 Å². The van der Waals surface area contributed by atoms with E-state index in [2.05, 4.69) is 15.9 Å². The molecule has 0 aliphatic heterocycles. The second-order valence-corrected chi connectivity index (χ2v) is 5.31. The highest BCUT2D eigenvalue weighted by atomic mass is 79.9. The second kappa shape index (κ2) is 6.78. The molecule has 6 heteroatoms. The molecule has 0 N–H and O–H groups in total. The zero-order valence-corrected chi connectivity index (χ0v) is 12.2. The Kier molecular flexibility index (Phi) is 5.95. The maximum absolute atomic E-state index is 12.4. The van der Waals surface area contributed by atoms with Crippen LogP contribution in [0.5, 0.6) is 0 Å². The number of alkyl halides is 4. The van der Waals surface area contributed by atoms with Gasteiger partial charge >= 0.3 is 6.18 Å². The average Bonchev–Trinajstić information content (AvgIpc) is 2.20. The fourth-order valence-corrected chi connectivity index (χ4v) is 2.40. The van der Waals surface area contributed by atoms with Crippen molar-refractivity contribution in [1.29, 1.82) is 0 Å². The first kappa shape index (κ1) is 15.8. The minimum absolute atomic E-state index is 0.199. The Bertz CT molecular complexity index is 395. The molecule has 1 rings (SSSR count). The van der Waals surface area contributed by atoms with Crippen LogP contribution in [0.15, 0.2) is 18.2 Å². The van der Waals surface area contributed by atoms with Gasteiger partial charge in [0.05, 0.1) is 6.54 Å². The van der Waals surface area contributed by atoms with E-state index in [0.29, 0.717) is 22.5 Å². The number of rotatable bonds is 5. The van der Waals surface area contributed by atoms with E-state index in [0.717, 1.165) is 5.56 Å². The van der Waals surface area contributed by atoms with Crippen LogP contribution in [0, 0.1) is 6.92 Å². The van der Waals surface area contributed by atoms with Gasteiger partial charge < -0.3 is 0 Å². The molecule has 102 valence electrons. The number of aryl methyl sites for hydroxylation is 1. The van der Waals surface area contributed by atoms with Crippen LogP contribution in [-0.4, -0.2) is 29.5 Å². The standard InChI is InChI=1S/C12H14BrClF3N/c1-9-2-3-10(11(14)6-9)7-18(5-4-13)8-12(15,16)17/h2-3,6H,4-5,7-8H2,1H3. The number of nitrogens with zero attached hydrogens (tertiary/aromatic N) is 1. The van der Waals surface area contributed by atoms with Crippen molar-refractivity contribution in [2.75, 3.05) is 18.4 Å². The molecule has 1 nitrogen and oxygen atoms in total. The van der Waals surface area contributed by atoms with Crippen LogP contribution in [-0.2, 0) is 6.54 Å². The predicted molar refractivity (Wildman–Crippen MR) is 71.3 cm³/mol. The summed E-state index contributed by atoms with van der Waals surface area (Å²) in [4.78, 5) is 1.32. The van der Waals surface area contributed by atoms with E-state index in [1.807, 2.05) is 13.0 Å². The molecule has 0 unspecified atom stereocenters. The summed E-state index contributed by atoms with van der Waals surface area (Å²) in [5.41, 5.74) is 1.71. The average molecular weight is 345 g/mol. The van der Waals surface area contributed by atoms with Crippen molar-refractivity contribution in [3.63, 3.8) is 0 Å². The molecule has 0 saturated heterocycles. The second-order valence-electron chi connectivity index (χ2n) is 4.11. The summed E-state index contributed by atoms with van der Waals surface area (Å²) in [5.74, 6) is 0. The van der Waals surface area contributed by atoms with Gasteiger partial charge in [-0.1, -0.05) is 39.7 Å². The molecule has 1 aromatic rings. The Morgan fingerprint density at radius 2 is 2.00 bits per heavy atom. The van der Waals surface area contributed by atoms with Crippen molar-refractivity contribution >= 4 is 27.5 Å². The Morgan fingerprint density at radius 3 is 2.50 bits per heavy atom. The summed E-state index contributed by atoms with van der Waals surface area (Å²) < 4.78 is 37.2. The fourth-order valence-electron chi connectivity index (χ4n) is 1.61. The highest BCUT2D eigenvalue weighted by Gasteiger charge is 2.30. The summed E-state index contributed by atoms with van der Waals surface area (Å²) in [6.45, 7) is 1.48. The first-order chi connectivity index (χ1) is 8.31. The molecule has 0 bridgehead atoms. The third-order valence-electron chi connectivity index (χ3n) is 2.41. The van der Waals surface area contributed by atoms with Crippen LogP contribution in [0.4, 0.5) is 13.2 Å². The topological polar surface area (TPSA) is 3.24 Å². The van der Waals surface area contributed by atoms with E-state index in [9.17, 15) is 13.2 Å². The molecule has 0 amide bonds. The molecule has 0 atom stereocenters. The van der Waals surface area contributed by atoms with E-state index in [4.69, 9.17) is 11.6 Å². The Hall–Kier alpha value is -0.260. The van der Waals surface area contributed by atoms with Crippen LogP contribution < -0.4 is 0 Å². The molecular weight excluding hydrogens is 330 g/mol. The van der Waals surface area contributed by atoms with Crippen molar-refractivity contribution in [3.8, 4) is 0 Å². The number of hydrogen-bond acceptors (Lipinski definition) is 1. The summed E-state index contributed by atoms with van der Waals surface area (Å²) in [6.07, 6.45) is -4.20. The first-order valence-corrected chi connectivity index (χ1v) is 6.92. The van der Waals surface area contributed by atoms with Gasteiger partial charge in [-0.15, -0.1) is 0 Å². The highest BCUT2D eigenvalue weighted by molar-refractivity contribution is 9.09. The Morgan fingerprint density at radius 1 is 1.33 bits per heavy atom. The van der Waals surface area contributed by atoms with Crippen molar-refractivity contribution in [2.24, 2.45) is 0 Å². The van der Waals surface area contributed by atoms with Crippen molar-refractivity contribution in [2.45, 2.75) is 19.6 Å². The summed E-state index contributed by atoms with van der Waals surface area (Å²) in [5, 5.41) is 1.00. The fraction of sp³-hybridized carbons (Fsp3) is 0.500. The Labute approximate surface area is 118 Å². The molecule has 0 saturated carbocycles. The predicted octanol–water partition coefficient (Wildman–Crippen LogP) is 4.41. The van der Waals surface area contributed by atoms with Crippen molar-refractivity contribution in [1.82, 2.24) is 4.90 Å². The molecule has 0 spiro atoms. The van der Waals surface area contributed by atoms with E-state index >= 15 is 0 Å². The first-order valence-electron chi connectivity index (χ1n) is 5.42. The smallest absolute Gasteiger partial charge is 0.290 e. The molecule has 0 aromatic heterocycles. The monoisotopic (exact) mass is 343 g/mol. The van der Waals surface area contributed by atoms with E-state index in [1.54, 1.807) is 12.1 Å². The molecule has 0 aliphatic carbocycles. The van der Waals surface area contributed by atoms with Gasteiger partial charge in [0.2, 0.25) is 0 Å². The lowest BCUT2D eigenvalue weighted by Gasteiger charge is -2.23. The van der Waals surface area contributed by atoms with Crippen molar-refractivity contribution < 1.29 is 13.2 Å². The molecule has 1 aromatic carbocycles. The summed E-state index contributed by atoms with van der Waals surface area (Å²) >= 11 is 9.18. The maximum Gasteiger partial charge on any atom is 0.401 e. The van der Waals surface area contributed by atoms with Gasteiger partial charge in [0.1, 0.15) is 0 Å². The number of benzene rings is 1. The largest absolute Gasteiger partial charge is 0.401 e. The van der Waals surface area contributed by atoms with Gasteiger partial charge in [0.25, 0.3) is 0 Å². The maximum atomic E-state index is 12.4. The summed E-state index contributed by atoms with van der Waals surface area (Å²) in [7, 11) is 0. The third-order valence-corrected chi connectivity index (χ3v) is 3.11. The molecule has 0 aliphatic rings. The van der Waals surface area contributed by atoms with Crippen molar-refractivity contribution in [3.05, 3.63) is 34.3 Å². The zero-order valence-electron chi connectivity index (χ0n) is 9.90. The SMILES string of the molecule is Cc1ccc(CN(CCBr)CC(F)(F)F)c(Cl)c1. The molecule has 0 radical (unpaired) electrons. The van der Waals surface area contributed by atoms with Gasteiger partial charge in [-0.2, -0.15) is 13.2 Å². The van der Waals surface area contributed by atoms with E-state index in [1.165, 1.54) is 4.90 Å². The van der Waals surface area contributed by atoms with E-state index < -0.39 is 12.7 Å². The van der Waals surface area contributed by atoms with Gasteiger partial charge in [0.15, 0.2) is 0 Å². The third kappa shape index (κ3) is 5.59. The van der Waals surface area contributed by atoms with Gasteiger partial charge in [0, 0.05) is 23.4 Å². The van der Waals surface area contributed by atoms with E-state index in [-0.39, 0.29) is 6.54 Å².